The molecule has 0 bridgehead atoms. The SMILES string of the molecule is Cc1ccc(NC(=O)C(=O)O)c(C)c1Oc1cccc(C(O)c2ccc(F)cc2)c1O. The molecule has 7 nitrogen and oxygen atoms in total. The molecule has 0 aliphatic rings. The lowest BCUT2D eigenvalue weighted by Crippen LogP contribution is -2.22. The van der Waals surface area contributed by atoms with E-state index in [1.165, 1.54) is 36.4 Å². The fraction of sp³-hybridized carbons (Fsp3) is 0.130. The van der Waals surface area contributed by atoms with Crippen LogP contribution in [0.5, 0.6) is 17.2 Å². The highest BCUT2D eigenvalue weighted by Gasteiger charge is 2.20. The molecule has 0 heterocycles. The highest BCUT2D eigenvalue weighted by atomic mass is 19.1. The Kier molecular flexibility index (Phi) is 6.22. The van der Waals surface area contributed by atoms with Crippen molar-refractivity contribution in [2.75, 3.05) is 5.32 Å². The van der Waals surface area contributed by atoms with Crippen molar-refractivity contribution in [3.8, 4) is 17.2 Å². The van der Waals surface area contributed by atoms with Crippen LogP contribution in [0.15, 0.2) is 54.6 Å². The molecule has 1 atom stereocenters. The number of rotatable bonds is 5. The molecule has 3 rings (SSSR count). The first-order valence-corrected chi connectivity index (χ1v) is 9.26. The lowest BCUT2D eigenvalue weighted by atomic mass is 10.00. The summed E-state index contributed by atoms with van der Waals surface area (Å²) in [5, 5.41) is 32.4. The lowest BCUT2D eigenvalue weighted by molar-refractivity contribution is -0.147. The number of nitrogens with one attached hydrogen (secondary N) is 1. The Hall–Kier alpha value is -3.91. The molecule has 0 saturated carbocycles. The molecular formula is C23H20FNO6. The van der Waals surface area contributed by atoms with Crippen molar-refractivity contribution in [3.05, 3.63) is 82.7 Å². The average molecular weight is 425 g/mol. The number of para-hydroxylation sites is 1. The average Bonchev–Trinajstić information content (AvgIpc) is 2.74. The number of aliphatic hydroxyl groups is 1. The number of phenols is 1. The number of aliphatic hydroxyl groups excluding tert-OH is 1. The maximum atomic E-state index is 13.2. The summed E-state index contributed by atoms with van der Waals surface area (Å²) in [6.07, 6.45) is -1.22. The minimum atomic E-state index is -1.62. The number of ether oxygens (including phenoxy) is 1. The predicted octanol–water partition coefficient (Wildman–Crippen LogP) is 4.05. The molecule has 0 radical (unpaired) electrons. The van der Waals surface area contributed by atoms with E-state index in [9.17, 15) is 24.2 Å². The van der Waals surface area contributed by atoms with Crippen molar-refractivity contribution in [1.82, 2.24) is 0 Å². The summed E-state index contributed by atoms with van der Waals surface area (Å²) >= 11 is 0. The Labute approximate surface area is 177 Å². The number of carbonyl (C=O) groups excluding carboxylic acids is 1. The van der Waals surface area contributed by atoms with Gasteiger partial charge in [0.25, 0.3) is 0 Å². The molecule has 3 aromatic carbocycles. The minimum Gasteiger partial charge on any atom is -0.504 e. The lowest BCUT2D eigenvalue weighted by Gasteiger charge is -2.18. The maximum absolute atomic E-state index is 13.2. The number of carbonyl (C=O) groups is 2. The number of benzene rings is 3. The van der Waals surface area contributed by atoms with Crippen LogP contribution in [0.1, 0.15) is 28.4 Å². The summed E-state index contributed by atoms with van der Waals surface area (Å²) in [6, 6.07) is 13.0. The summed E-state index contributed by atoms with van der Waals surface area (Å²) in [4.78, 5) is 22.3. The van der Waals surface area contributed by atoms with Gasteiger partial charge in [0.2, 0.25) is 0 Å². The second kappa shape index (κ2) is 8.85. The molecule has 0 fully saturated rings. The minimum absolute atomic E-state index is 0.0478. The number of halogens is 1. The van der Waals surface area contributed by atoms with Gasteiger partial charge in [-0.2, -0.15) is 0 Å². The molecule has 8 heteroatoms. The first-order chi connectivity index (χ1) is 14.7. The molecule has 0 aliphatic heterocycles. The van der Waals surface area contributed by atoms with Crippen molar-refractivity contribution in [2.24, 2.45) is 0 Å². The molecule has 0 saturated heterocycles. The van der Waals surface area contributed by atoms with Gasteiger partial charge in [-0.15, -0.1) is 0 Å². The van der Waals surface area contributed by atoms with Crippen molar-refractivity contribution in [2.45, 2.75) is 20.0 Å². The zero-order valence-corrected chi connectivity index (χ0v) is 16.7. The van der Waals surface area contributed by atoms with Gasteiger partial charge in [-0.3, -0.25) is 4.79 Å². The number of carboxylic acid groups (broad SMARTS) is 1. The molecule has 0 spiro atoms. The van der Waals surface area contributed by atoms with Crippen molar-refractivity contribution in [1.29, 1.82) is 0 Å². The standard InChI is InChI=1S/C23H20FNO6/c1-12-6-11-17(25-22(28)23(29)30)13(2)21(12)31-18-5-3-4-16(20(18)27)19(26)14-7-9-15(24)10-8-14/h3-11,19,26-27H,1-2H3,(H,25,28)(H,29,30). The molecule has 31 heavy (non-hydrogen) atoms. The fourth-order valence-electron chi connectivity index (χ4n) is 3.07. The second-order valence-corrected chi connectivity index (χ2v) is 6.89. The van der Waals surface area contributed by atoms with E-state index in [2.05, 4.69) is 5.32 Å². The normalized spacial score (nSPS) is 11.6. The largest absolute Gasteiger partial charge is 0.504 e. The van der Waals surface area contributed by atoms with Gasteiger partial charge in [-0.25, -0.2) is 9.18 Å². The number of amides is 1. The molecule has 1 unspecified atom stereocenters. The van der Waals surface area contributed by atoms with E-state index in [1.807, 2.05) is 0 Å². The van der Waals surface area contributed by atoms with Crippen LogP contribution < -0.4 is 10.1 Å². The van der Waals surface area contributed by atoms with Gasteiger partial charge >= 0.3 is 11.9 Å². The monoisotopic (exact) mass is 425 g/mol. The molecule has 4 N–H and O–H groups in total. The number of anilines is 1. The third-order valence-corrected chi connectivity index (χ3v) is 4.77. The maximum Gasteiger partial charge on any atom is 0.394 e. The van der Waals surface area contributed by atoms with Crippen LogP contribution in [0, 0.1) is 19.7 Å². The van der Waals surface area contributed by atoms with Gasteiger partial charge in [0, 0.05) is 16.8 Å². The summed E-state index contributed by atoms with van der Waals surface area (Å²) in [5.74, 6) is -3.21. The van der Waals surface area contributed by atoms with Crippen molar-refractivity contribution < 1.29 is 34.0 Å². The predicted molar refractivity (Wildman–Crippen MR) is 111 cm³/mol. The van der Waals surface area contributed by atoms with Crippen LogP contribution in [0.25, 0.3) is 0 Å². The number of phenolic OH excluding ortho intramolecular Hbond substituents is 1. The van der Waals surface area contributed by atoms with Crippen LogP contribution >= 0.6 is 0 Å². The van der Waals surface area contributed by atoms with Crippen LogP contribution in [0.4, 0.5) is 10.1 Å². The first-order valence-electron chi connectivity index (χ1n) is 9.26. The Morgan fingerprint density at radius 2 is 1.71 bits per heavy atom. The van der Waals surface area contributed by atoms with Gasteiger partial charge in [0.05, 0.1) is 0 Å². The quantitative estimate of drug-likeness (QED) is 0.459. The topological polar surface area (TPSA) is 116 Å². The Bertz CT molecular complexity index is 1140. The molecule has 0 aliphatic carbocycles. The smallest absolute Gasteiger partial charge is 0.394 e. The molecule has 0 aromatic heterocycles. The zero-order chi connectivity index (χ0) is 22.7. The zero-order valence-electron chi connectivity index (χ0n) is 16.7. The number of hydrogen-bond donors (Lipinski definition) is 4. The molecular weight excluding hydrogens is 405 g/mol. The van der Waals surface area contributed by atoms with Crippen molar-refractivity contribution in [3.63, 3.8) is 0 Å². The number of aryl methyl sites for hydroxylation is 1. The van der Waals surface area contributed by atoms with Gasteiger partial charge in [-0.05, 0) is 49.2 Å². The van der Waals surface area contributed by atoms with Gasteiger partial charge < -0.3 is 25.4 Å². The Morgan fingerprint density at radius 3 is 2.35 bits per heavy atom. The number of aromatic hydroxyl groups is 1. The van der Waals surface area contributed by atoms with Crippen LogP contribution in [-0.4, -0.2) is 27.2 Å². The summed E-state index contributed by atoms with van der Waals surface area (Å²) in [7, 11) is 0. The van der Waals surface area contributed by atoms with Crippen molar-refractivity contribution >= 4 is 17.6 Å². The summed E-state index contributed by atoms with van der Waals surface area (Å²) in [6.45, 7) is 3.38. The first kappa shape index (κ1) is 21.8. The highest BCUT2D eigenvalue weighted by Crippen LogP contribution is 2.41. The third kappa shape index (κ3) is 4.65. The highest BCUT2D eigenvalue weighted by molar-refractivity contribution is 6.36. The summed E-state index contributed by atoms with van der Waals surface area (Å²) in [5.41, 5.74) is 1.93. The molecule has 1 amide bonds. The van der Waals surface area contributed by atoms with Crippen LogP contribution in [-0.2, 0) is 9.59 Å². The number of aliphatic carboxylic acids is 1. The fourth-order valence-corrected chi connectivity index (χ4v) is 3.07. The van der Waals surface area contributed by atoms with Crippen LogP contribution in [0.2, 0.25) is 0 Å². The van der Waals surface area contributed by atoms with E-state index in [0.717, 1.165) is 0 Å². The van der Waals surface area contributed by atoms with E-state index >= 15 is 0 Å². The van der Waals surface area contributed by atoms with E-state index in [1.54, 1.807) is 32.0 Å². The summed E-state index contributed by atoms with van der Waals surface area (Å²) < 4.78 is 19.0. The van der Waals surface area contributed by atoms with Gasteiger partial charge in [0.15, 0.2) is 11.5 Å². The Balaban J connectivity index is 1.95. The molecule has 160 valence electrons. The van der Waals surface area contributed by atoms with Gasteiger partial charge in [-0.1, -0.05) is 30.3 Å². The van der Waals surface area contributed by atoms with E-state index in [0.29, 0.717) is 22.4 Å². The van der Waals surface area contributed by atoms with E-state index in [-0.39, 0.29) is 22.7 Å². The van der Waals surface area contributed by atoms with E-state index in [4.69, 9.17) is 9.84 Å². The third-order valence-electron chi connectivity index (χ3n) is 4.77. The second-order valence-electron chi connectivity index (χ2n) is 6.89. The Morgan fingerprint density at radius 1 is 1.03 bits per heavy atom. The van der Waals surface area contributed by atoms with E-state index < -0.39 is 23.8 Å². The number of carboxylic acids is 1. The van der Waals surface area contributed by atoms with Gasteiger partial charge in [0.1, 0.15) is 17.7 Å². The van der Waals surface area contributed by atoms with Crippen LogP contribution in [0.3, 0.4) is 0 Å². The molecule has 3 aromatic rings. The number of hydrogen-bond acceptors (Lipinski definition) is 5.